The van der Waals surface area contributed by atoms with Crippen molar-refractivity contribution in [3.63, 3.8) is 0 Å². The molecular weight excluding hydrogens is 286 g/mol. The van der Waals surface area contributed by atoms with E-state index in [2.05, 4.69) is 29.5 Å². The second kappa shape index (κ2) is 5.85. The van der Waals surface area contributed by atoms with E-state index in [9.17, 15) is 4.79 Å². The summed E-state index contributed by atoms with van der Waals surface area (Å²) < 4.78 is 0. The molecule has 4 nitrogen and oxygen atoms in total. The highest BCUT2D eigenvalue weighted by molar-refractivity contribution is 6.33. The first kappa shape index (κ1) is 14.7. The lowest BCUT2D eigenvalue weighted by molar-refractivity contribution is -0.117. The third kappa shape index (κ3) is 2.62. The summed E-state index contributed by atoms with van der Waals surface area (Å²) in [5, 5.41) is 6.97. The summed E-state index contributed by atoms with van der Waals surface area (Å²) in [6.07, 6.45) is 4.72. The van der Waals surface area contributed by atoms with E-state index in [1.807, 2.05) is 12.1 Å². The summed E-state index contributed by atoms with van der Waals surface area (Å²) in [5.41, 5.74) is 2.86. The van der Waals surface area contributed by atoms with Gasteiger partial charge in [0, 0.05) is 24.3 Å². The number of nitrogens with one attached hydrogen (secondary N) is 2. The molecule has 1 saturated carbocycles. The van der Waals surface area contributed by atoms with Crippen LogP contribution in [-0.2, 0) is 4.79 Å². The number of hydrogen-bond donors (Lipinski definition) is 2. The van der Waals surface area contributed by atoms with Crippen molar-refractivity contribution in [1.29, 1.82) is 0 Å². The minimum atomic E-state index is -0.277. The van der Waals surface area contributed by atoms with Crippen LogP contribution < -0.4 is 15.5 Å². The predicted octanol–water partition coefficient (Wildman–Crippen LogP) is 3.32. The van der Waals surface area contributed by atoms with Gasteiger partial charge in [-0.05, 0) is 44.4 Å². The normalized spacial score (nSPS) is 20.9. The molecule has 1 atom stereocenters. The molecule has 2 N–H and O–H groups in total. The SMILES string of the molecule is CCCNC1C(=O)Nc2cc(N(C)C3CCC3)c(Cl)cc21. The number of benzene rings is 1. The molecule has 3 rings (SSSR count). The van der Waals surface area contributed by atoms with Gasteiger partial charge in [0.15, 0.2) is 0 Å². The zero-order valence-electron chi connectivity index (χ0n) is 12.6. The first-order valence-corrected chi connectivity index (χ1v) is 8.10. The van der Waals surface area contributed by atoms with Gasteiger partial charge in [0.2, 0.25) is 5.91 Å². The molecule has 2 aliphatic rings. The minimum Gasteiger partial charge on any atom is -0.370 e. The number of hydrogen-bond acceptors (Lipinski definition) is 3. The van der Waals surface area contributed by atoms with Gasteiger partial charge in [-0.2, -0.15) is 0 Å². The Kier molecular flexibility index (Phi) is 4.09. The number of anilines is 2. The first-order valence-electron chi connectivity index (χ1n) is 7.72. The standard InChI is InChI=1S/C16H22ClN3O/c1-3-7-18-15-11-8-12(17)14(9-13(11)19-16(15)21)20(2)10-5-4-6-10/h8-10,15,18H,3-7H2,1-2H3,(H,19,21). The topological polar surface area (TPSA) is 44.4 Å². The lowest BCUT2D eigenvalue weighted by atomic mass is 9.91. The van der Waals surface area contributed by atoms with E-state index >= 15 is 0 Å². The molecule has 21 heavy (non-hydrogen) atoms. The number of carbonyl (C=O) groups is 1. The van der Waals surface area contributed by atoms with Gasteiger partial charge in [-0.15, -0.1) is 0 Å². The van der Waals surface area contributed by atoms with Crippen LogP contribution in [0, 0.1) is 0 Å². The fourth-order valence-electron chi connectivity index (χ4n) is 3.00. The van der Waals surface area contributed by atoms with Gasteiger partial charge in [0.1, 0.15) is 6.04 Å². The van der Waals surface area contributed by atoms with Crippen molar-refractivity contribution in [3.8, 4) is 0 Å². The molecule has 5 heteroatoms. The second-order valence-corrected chi connectivity index (χ2v) is 6.37. The first-order chi connectivity index (χ1) is 10.1. The molecular formula is C16H22ClN3O. The molecule has 0 spiro atoms. The third-order valence-corrected chi connectivity index (χ3v) is 4.85. The third-order valence-electron chi connectivity index (χ3n) is 4.55. The van der Waals surface area contributed by atoms with Gasteiger partial charge in [-0.25, -0.2) is 0 Å². The van der Waals surface area contributed by atoms with Crippen molar-refractivity contribution in [2.45, 2.75) is 44.7 Å². The van der Waals surface area contributed by atoms with Crippen molar-refractivity contribution in [2.24, 2.45) is 0 Å². The molecule has 0 saturated heterocycles. The van der Waals surface area contributed by atoms with E-state index in [4.69, 9.17) is 11.6 Å². The van der Waals surface area contributed by atoms with Crippen molar-refractivity contribution < 1.29 is 4.79 Å². The summed E-state index contributed by atoms with van der Waals surface area (Å²) in [5.74, 6) is 0.0120. The largest absolute Gasteiger partial charge is 0.370 e. The van der Waals surface area contributed by atoms with Crippen molar-refractivity contribution >= 4 is 28.9 Å². The zero-order valence-corrected chi connectivity index (χ0v) is 13.3. The van der Waals surface area contributed by atoms with Crippen LogP contribution >= 0.6 is 11.6 Å². The van der Waals surface area contributed by atoms with Gasteiger partial charge in [0.05, 0.1) is 10.7 Å². The molecule has 114 valence electrons. The quantitative estimate of drug-likeness (QED) is 0.877. The number of nitrogens with zero attached hydrogens (tertiary/aromatic N) is 1. The minimum absolute atomic E-state index is 0.0120. The van der Waals surface area contributed by atoms with Crippen LogP contribution in [0.25, 0.3) is 0 Å². The van der Waals surface area contributed by atoms with E-state index in [1.165, 1.54) is 19.3 Å². The van der Waals surface area contributed by atoms with Crippen molar-refractivity contribution in [3.05, 3.63) is 22.7 Å². The second-order valence-electron chi connectivity index (χ2n) is 5.96. The number of fused-ring (bicyclic) bond motifs is 1. The van der Waals surface area contributed by atoms with Gasteiger partial charge in [0.25, 0.3) is 0 Å². The smallest absolute Gasteiger partial charge is 0.246 e. The summed E-state index contributed by atoms with van der Waals surface area (Å²) in [6.45, 7) is 2.91. The molecule has 1 amide bonds. The highest BCUT2D eigenvalue weighted by atomic mass is 35.5. The van der Waals surface area contributed by atoms with Gasteiger partial charge < -0.3 is 15.5 Å². The average Bonchev–Trinajstić information content (AvgIpc) is 2.68. The Labute approximate surface area is 130 Å². The van der Waals surface area contributed by atoms with Crippen LogP contribution in [-0.4, -0.2) is 25.5 Å². The molecule has 1 aromatic rings. The van der Waals surface area contributed by atoms with Gasteiger partial charge in [-0.3, -0.25) is 4.79 Å². The highest BCUT2D eigenvalue weighted by Gasteiger charge is 2.32. The fourth-order valence-corrected chi connectivity index (χ4v) is 3.31. The Morgan fingerprint density at radius 1 is 1.43 bits per heavy atom. The van der Waals surface area contributed by atoms with Crippen LogP contribution in [0.15, 0.2) is 12.1 Å². The number of rotatable bonds is 5. The van der Waals surface area contributed by atoms with Crippen LogP contribution in [0.5, 0.6) is 0 Å². The molecule has 1 aromatic carbocycles. The van der Waals surface area contributed by atoms with E-state index in [0.29, 0.717) is 6.04 Å². The monoisotopic (exact) mass is 307 g/mol. The summed E-state index contributed by atoms with van der Waals surface area (Å²) in [4.78, 5) is 14.3. The van der Waals surface area contributed by atoms with Crippen molar-refractivity contribution in [1.82, 2.24) is 5.32 Å². The van der Waals surface area contributed by atoms with Gasteiger partial charge >= 0.3 is 0 Å². The van der Waals surface area contributed by atoms with Crippen molar-refractivity contribution in [2.75, 3.05) is 23.8 Å². The molecule has 1 heterocycles. The Morgan fingerprint density at radius 3 is 2.81 bits per heavy atom. The van der Waals surface area contributed by atoms with Crippen LogP contribution in [0.4, 0.5) is 11.4 Å². The maximum atomic E-state index is 12.1. The Hall–Kier alpha value is -1.26. The fraction of sp³-hybridized carbons (Fsp3) is 0.562. The predicted molar refractivity (Wildman–Crippen MR) is 87.2 cm³/mol. The van der Waals surface area contributed by atoms with Crippen LogP contribution in [0.3, 0.4) is 0 Å². The number of amides is 1. The van der Waals surface area contributed by atoms with E-state index in [1.54, 1.807) is 0 Å². The summed E-state index contributed by atoms with van der Waals surface area (Å²) >= 11 is 6.47. The molecule has 0 aromatic heterocycles. The molecule has 1 unspecified atom stereocenters. The highest BCUT2D eigenvalue weighted by Crippen LogP contribution is 2.40. The van der Waals surface area contributed by atoms with Gasteiger partial charge in [-0.1, -0.05) is 18.5 Å². The lowest BCUT2D eigenvalue weighted by Gasteiger charge is -2.37. The van der Waals surface area contributed by atoms with E-state index < -0.39 is 0 Å². The average molecular weight is 308 g/mol. The number of halogens is 1. The Bertz CT molecular complexity index is 557. The molecule has 1 aliphatic heterocycles. The summed E-state index contributed by atoms with van der Waals surface area (Å²) in [6, 6.07) is 4.25. The van der Waals surface area contributed by atoms with Crippen LogP contribution in [0.1, 0.15) is 44.2 Å². The van der Waals surface area contributed by atoms with Crippen LogP contribution in [0.2, 0.25) is 5.02 Å². The maximum Gasteiger partial charge on any atom is 0.246 e. The zero-order chi connectivity index (χ0) is 15.0. The molecule has 0 bridgehead atoms. The summed E-state index contributed by atoms with van der Waals surface area (Å²) in [7, 11) is 2.08. The van der Waals surface area contributed by atoms with E-state index in [-0.39, 0.29) is 11.9 Å². The molecule has 0 radical (unpaired) electrons. The Balaban J connectivity index is 1.88. The number of carbonyl (C=O) groups excluding carboxylic acids is 1. The Morgan fingerprint density at radius 2 is 2.19 bits per heavy atom. The lowest BCUT2D eigenvalue weighted by Crippen LogP contribution is -2.37. The maximum absolute atomic E-state index is 12.1. The molecule has 1 fully saturated rings. The molecule has 1 aliphatic carbocycles. The van der Waals surface area contributed by atoms with E-state index in [0.717, 1.165) is 34.9 Å².